The summed E-state index contributed by atoms with van der Waals surface area (Å²) in [5, 5.41) is 2.89. The Bertz CT molecular complexity index is 366. The third-order valence-electron chi connectivity index (χ3n) is 1.49. The van der Waals surface area contributed by atoms with Crippen LogP contribution in [0.1, 0.15) is 26.5 Å². The Hall–Kier alpha value is -0.780. The van der Waals surface area contributed by atoms with Crippen molar-refractivity contribution in [2.24, 2.45) is 0 Å². The molecule has 0 spiro atoms. The maximum Gasteiger partial charge on any atom is 0.407 e. The van der Waals surface area contributed by atoms with Crippen molar-refractivity contribution in [3.63, 3.8) is 0 Å². The normalized spacial score (nSPS) is 9.78. The van der Waals surface area contributed by atoms with E-state index < -0.39 is 11.7 Å². The molecule has 0 radical (unpaired) electrons. The van der Waals surface area contributed by atoms with Gasteiger partial charge < -0.3 is 10.1 Å². The highest BCUT2D eigenvalue weighted by Crippen LogP contribution is 2.07. The molecule has 8 heteroatoms. The van der Waals surface area contributed by atoms with Gasteiger partial charge in [-0.05, 0) is 20.8 Å². The van der Waals surface area contributed by atoms with Gasteiger partial charge in [-0.15, -0.1) is 24.8 Å². The summed E-state index contributed by atoms with van der Waals surface area (Å²) < 4.78 is 5.06. The zero-order chi connectivity index (χ0) is 12.2. The molecule has 0 saturated heterocycles. The van der Waals surface area contributed by atoms with Gasteiger partial charge in [-0.2, -0.15) is 0 Å². The van der Waals surface area contributed by atoms with Crippen LogP contribution in [0.25, 0.3) is 0 Å². The lowest BCUT2D eigenvalue weighted by atomic mass is 10.2. The highest BCUT2D eigenvalue weighted by Gasteiger charge is 2.15. The summed E-state index contributed by atoms with van der Waals surface area (Å²) in [6.45, 7) is 5.66. The lowest BCUT2D eigenvalue weighted by molar-refractivity contribution is 0.0523. The van der Waals surface area contributed by atoms with Crippen LogP contribution in [0.4, 0.5) is 4.79 Å². The number of halogens is 3. The Morgan fingerprint density at radius 3 is 2.39 bits per heavy atom. The Morgan fingerprint density at radius 1 is 1.33 bits per heavy atom. The summed E-state index contributed by atoms with van der Waals surface area (Å²) in [5.41, 5.74) is 0.116. The van der Waals surface area contributed by atoms with Crippen molar-refractivity contribution in [3.05, 3.63) is 23.2 Å². The number of nitrogens with one attached hydrogen (secondary N) is 1. The topological polar surface area (TPSA) is 64.1 Å². The average molecular weight is 317 g/mol. The lowest BCUT2D eigenvalue weighted by Gasteiger charge is -2.19. The minimum Gasteiger partial charge on any atom is -0.444 e. The number of rotatable bonds is 2. The number of alkyl carbamates (subject to hydrolysis) is 1. The van der Waals surface area contributed by atoms with Gasteiger partial charge in [0.25, 0.3) is 0 Å². The molecule has 0 bridgehead atoms. The molecule has 0 fully saturated rings. The fourth-order valence-electron chi connectivity index (χ4n) is 0.907. The molecule has 1 N–H and O–H groups in total. The number of nitrogens with zero attached hydrogens (tertiary/aromatic N) is 2. The summed E-state index contributed by atoms with van der Waals surface area (Å²) in [5.74, 6) is 0. The summed E-state index contributed by atoms with van der Waals surface area (Å²) in [7, 11) is 0. The highest BCUT2D eigenvalue weighted by atomic mass is 35.5. The summed E-state index contributed by atoms with van der Waals surface area (Å²) in [4.78, 5) is 19.1. The molecule has 1 aromatic rings. The van der Waals surface area contributed by atoms with E-state index in [9.17, 15) is 4.79 Å². The molecule has 1 rings (SSSR count). The fraction of sp³-hybridized carbons (Fsp3) is 0.500. The summed E-state index contributed by atoms with van der Waals surface area (Å²) >= 11 is 5.58. The summed E-state index contributed by atoms with van der Waals surface area (Å²) in [6.07, 6.45) is 2.44. The molecule has 0 aliphatic rings. The minimum absolute atomic E-state index is 0. The molecule has 18 heavy (non-hydrogen) atoms. The standard InChI is InChI=1S/C10H14ClN3O2.2ClH/c1-10(2,3)16-9(15)14-5-7-4-13-8(11)6-12-7;;/h4,6H,5H2,1-3H3,(H,14,15);2*1H. The third kappa shape index (κ3) is 8.33. The number of hydrogen-bond donors (Lipinski definition) is 1. The third-order valence-corrected chi connectivity index (χ3v) is 1.68. The number of carbonyl (C=O) groups excluding carboxylic acids is 1. The van der Waals surface area contributed by atoms with Gasteiger partial charge in [0.05, 0.1) is 24.6 Å². The van der Waals surface area contributed by atoms with E-state index in [-0.39, 0.29) is 31.4 Å². The molecule has 1 heterocycles. The largest absolute Gasteiger partial charge is 0.444 e. The molecule has 5 nitrogen and oxygen atoms in total. The van der Waals surface area contributed by atoms with Crippen molar-refractivity contribution in [2.75, 3.05) is 0 Å². The first-order valence-electron chi connectivity index (χ1n) is 4.80. The molecule has 1 amide bonds. The van der Waals surface area contributed by atoms with Gasteiger partial charge in [-0.1, -0.05) is 11.6 Å². The van der Waals surface area contributed by atoms with Crippen LogP contribution in [0.2, 0.25) is 5.15 Å². The predicted molar refractivity (Wildman–Crippen MR) is 74.6 cm³/mol. The minimum atomic E-state index is -0.504. The number of carbonyl (C=O) groups is 1. The first-order valence-corrected chi connectivity index (χ1v) is 5.18. The van der Waals surface area contributed by atoms with Crippen LogP contribution in [-0.4, -0.2) is 21.7 Å². The van der Waals surface area contributed by atoms with Gasteiger partial charge in [0, 0.05) is 0 Å². The van der Waals surface area contributed by atoms with Crippen LogP contribution in [0, 0.1) is 0 Å². The zero-order valence-corrected chi connectivity index (χ0v) is 12.7. The number of aromatic nitrogens is 2. The van der Waals surface area contributed by atoms with Crippen molar-refractivity contribution >= 4 is 42.5 Å². The zero-order valence-electron chi connectivity index (χ0n) is 10.3. The number of amides is 1. The van der Waals surface area contributed by atoms with Crippen molar-refractivity contribution in [3.8, 4) is 0 Å². The monoisotopic (exact) mass is 315 g/mol. The maximum absolute atomic E-state index is 11.3. The van der Waals surface area contributed by atoms with Crippen LogP contribution >= 0.6 is 36.4 Å². The van der Waals surface area contributed by atoms with Crippen LogP contribution in [0.3, 0.4) is 0 Å². The van der Waals surface area contributed by atoms with Crippen LogP contribution in [0.15, 0.2) is 12.4 Å². The van der Waals surface area contributed by atoms with Crippen molar-refractivity contribution in [1.29, 1.82) is 0 Å². The van der Waals surface area contributed by atoms with Gasteiger partial charge in [0.1, 0.15) is 10.8 Å². The smallest absolute Gasteiger partial charge is 0.407 e. The van der Waals surface area contributed by atoms with Crippen molar-refractivity contribution in [1.82, 2.24) is 15.3 Å². The quantitative estimate of drug-likeness (QED) is 0.911. The van der Waals surface area contributed by atoms with Crippen LogP contribution in [0.5, 0.6) is 0 Å². The molecule has 0 aromatic carbocycles. The van der Waals surface area contributed by atoms with Crippen LogP contribution in [-0.2, 0) is 11.3 Å². The van der Waals surface area contributed by atoms with E-state index in [4.69, 9.17) is 16.3 Å². The molecule has 0 saturated carbocycles. The first-order chi connectivity index (χ1) is 7.37. The summed E-state index contributed by atoms with van der Waals surface area (Å²) in [6, 6.07) is 0. The van der Waals surface area contributed by atoms with Gasteiger partial charge in [0.15, 0.2) is 0 Å². The molecule has 0 aliphatic heterocycles. The first kappa shape index (κ1) is 19.6. The SMILES string of the molecule is CC(C)(C)OC(=O)NCc1cnc(Cl)cn1.Cl.Cl. The van der Waals surface area contributed by atoms with Gasteiger partial charge in [-0.3, -0.25) is 4.98 Å². The van der Waals surface area contributed by atoms with E-state index in [0.29, 0.717) is 10.8 Å². The Labute approximate surface area is 123 Å². The van der Waals surface area contributed by atoms with Gasteiger partial charge >= 0.3 is 6.09 Å². The van der Waals surface area contributed by atoms with Crippen molar-refractivity contribution in [2.45, 2.75) is 32.9 Å². The Morgan fingerprint density at radius 2 is 1.94 bits per heavy atom. The van der Waals surface area contributed by atoms with E-state index in [1.165, 1.54) is 12.4 Å². The van der Waals surface area contributed by atoms with E-state index >= 15 is 0 Å². The molecule has 0 unspecified atom stereocenters. The second-order valence-corrected chi connectivity index (χ2v) is 4.57. The van der Waals surface area contributed by atoms with E-state index in [1.807, 2.05) is 0 Å². The molecular formula is C10H16Cl3N3O2. The second kappa shape index (κ2) is 8.34. The fourth-order valence-corrected chi connectivity index (χ4v) is 1.00. The Balaban J connectivity index is 0. The molecular weight excluding hydrogens is 300 g/mol. The lowest BCUT2D eigenvalue weighted by Crippen LogP contribution is -2.32. The predicted octanol–water partition coefficient (Wildman–Crippen LogP) is 3.00. The molecule has 0 atom stereocenters. The van der Waals surface area contributed by atoms with E-state index in [0.717, 1.165) is 0 Å². The van der Waals surface area contributed by atoms with Crippen molar-refractivity contribution < 1.29 is 9.53 Å². The van der Waals surface area contributed by atoms with Crippen LogP contribution < -0.4 is 5.32 Å². The number of ether oxygens (including phenoxy) is 1. The highest BCUT2D eigenvalue weighted by molar-refractivity contribution is 6.29. The second-order valence-electron chi connectivity index (χ2n) is 4.19. The van der Waals surface area contributed by atoms with E-state index in [1.54, 1.807) is 20.8 Å². The molecule has 0 aliphatic carbocycles. The molecule has 1 aromatic heterocycles. The van der Waals surface area contributed by atoms with Gasteiger partial charge in [-0.25, -0.2) is 9.78 Å². The number of hydrogen-bond acceptors (Lipinski definition) is 4. The van der Waals surface area contributed by atoms with E-state index in [2.05, 4.69) is 15.3 Å². The Kier molecular flexibility index (Phi) is 9.07. The van der Waals surface area contributed by atoms with Gasteiger partial charge in [0.2, 0.25) is 0 Å². The molecule has 104 valence electrons. The average Bonchev–Trinajstić information content (AvgIpc) is 2.14. The maximum atomic E-state index is 11.3.